The zero-order chi connectivity index (χ0) is 15.3. The summed E-state index contributed by atoms with van der Waals surface area (Å²) < 4.78 is 22.2. The molecule has 7 atom stereocenters. The Balaban J connectivity index is 1.57. The molecule has 4 aliphatic heterocycles. The van der Waals surface area contributed by atoms with Gasteiger partial charge in [-0.3, -0.25) is 4.99 Å². The van der Waals surface area contributed by atoms with Gasteiger partial charge < -0.3 is 34.7 Å². The fourth-order valence-corrected chi connectivity index (χ4v) is 3.11. The summed E-state index contributed by atoms with van der Waals surface area (Å²) in [4.78, 5) is 14.4. The molecule has 4 aliphatic rings. The minimum absolute atomic E-state index is 0.177. The van der Waals surface area contributed by atoms with Crippen molar-refractivity contribution < 1.29 is 24.1 Å². The summed E-state index contributed by atoms with van der Waals surface area (Å²) in [6.45, 7) is -0.948. The standard InChI is InChI=1S/C12H17N5O5/c1-19-12-21-7-5(2-18)20-11(8(7)22-12)17-4-16-6-9(13)14-3-15-10(6)17/h3-8,10-12,18H,2H2,1H3,(H2,13,14,15)/t5-,6+,7+,8+,10-,11-,12+/m0/s1. The van der Waals surface area contributed by atoms with Crippen LogP contribution in [0, 0.1) is 0 Å². The second-order valence-corrected chi connectivity index (χ2v) is 5.36. The molecular weight excluding hydrogens is 294 g/mol. The first-order chi connectivity index (χ1) is 10.7. The number of fused-ring (bicyclic) bond motifs is 2. The highest BCUT2D eigenvalue weighted by molar-refractivity contribution is 5.96. The quantitative estimate of drug-likeness (QED) is 0.609. The van der Waals surface area contributed by atoms with Crippen LogP contribution in [0.3, 0.4) is 0 Å². The number of hydrogen-bond donors (Lipinski definition) is 2. The van der Waals surface area contributed by atoms with Crippen molar-refractivity contribution in [2.45, 2.75) is 43.2 Å². The molecule has 2 saturated heterocycles. The van der Waals surface area contributed by atoms with Crippen LogP contribution in [0.1, 0.15) is 0 Å². The Morgan fingerprint density at radius 2 is 2.14 bits per heavy atom. The van der Waals surface area contributed by atoms with E-state index >= 15 is 0 Å². The average molecular weight is 311 g/mol. The van der Waals surface area contributed by atoms with Crippen LogP contribution in [0.5, 0.6) is 0 Å². The van der Waals surface area contributed by atoms with Crippen molar-refractivity contribution in [2.75, 3.05) is 13.7 Å². The molecule has 0 saturated carbocycles. The first-order valence-electron chi connectivity index (χ1n) is 6.98. The van der Waals surface area contributed by atoms with Gasteiger partial charge in [-0.2, -0.15) is 0 Å². The van der Waals surface area contributed by atoms with Crippen molar-refractivity contribution in [2.24, 2.45) is 20.7 Å². The number of rotatable bonds is 3. The van der Waals surface area contributed by atoms with Gasteiger partial charge in [0.2, 0.25) is 0 Å². The topological polar surface area (TPSA) is 123 Å². The SMILES string of the molecule is CO[C@H]1O[C@@H]2[C@H](O1)[C@H](CO)O[C@@H]2N1C=N[C@@H]2C(N)=NC=N[C@H]21. The Bertz CT molecular complexity index is 540. The monoisotopic (exact) mass is 311 g/mol. The van der Waals surface area contributed by atoms with Crippen molar-refractivity contribution in [1.29, 1.82) is 0 Å². The van der Waals surface area contributed by atoms with Crippen molar-refractivity contribution in [1.82, 2.24) is 4.90 Å². The van der Waals surface area contributed by atoms with Gasteiger partial charge in [-0.1, -0.05) is 0 Å². The van der Waals surface area contributed by atoms with Crippen LogP contribution in [0.25, 0.3) is 0 Å². The molecule has 10 heteroatoms. The number of aliphatic hydroxyl groups excluding tert-OH is 1. The van der Waals surface area contributed by atoms with E-state index in [1.807, 2.05) is 4.90 Å². The predicted octanol–water partition coefficient (Wildman–Crippen LogP) is -2.14. The zero-order valence-corrected chi connectivity index (χ0v) is 11.8. The van der Waals surface area contributed by atoms with Crippen molar-refractivity contribution in [3.63, 3.8) is 0 Å². The Labute approximate surface area is 126 Å². The number of ether oxygens (including phenoxy) is 4. The van der Waals surface area contributed by atoms with Gasteiger partial charge in [0.1, 0.15) is 36.5 Å². The Morgan fingerprint density at radius 1 is 1.32 bits per heavy atom. The molecule has 0 bridgehead atoms. The third kappa shape index (κ3) is 1.96. The normalized spacial score (nSPS) is 46.0. The van der Waals surface area contributed by atoms with Crippen LogP contribution in [0.4, 0.5) is 0 Å². The molecule has 120 valence electrons. The van der Waals surface area contributed by atoms with Crippen LogP contribution in [0.2, 0.25) is 0 Å². The Morgan fingerprint density at radius 3 is 2.91 bits per heavy atom. The molecule has 4 heterocycles. The lowest BCUT2D eigenvalue weighted by atomic mass is 10.1. The van der Waals surface area contributed by atoms with Gasteiger partial charge in [0.25, 0.3) is 6.48 Å². The van der Waals surface area contributed by atoms with Crippen LogP contribution in [0.15, 0.2) is 15.0 Å². The fraction of sp³-hybridized carbons (Fsp3) is 0.750. The number of amidine groups is 1. The molecule has 0 aliphatic carbocycles. The number of hydrogen-bond acceptors (Lipinski definition) is 10. The van der Waals surface area contributed by atoms with E-state index in [0.29, 0.717) is 5.84 Å². The third-order valence-corrected chi connectivity index (χ3v) is 4.17. The van der Waals surface area contributed by atoms with Gasteiger partial charge in [0.05, 0.1) is 12.9 Å². The number of aliphatic hydroxyl groups is 1. The smallest absolute Gasteiger partial charge is 0.272 e. The second kappa shape index (κ2) is 5.25. The summed E-state index contributed by atoms with van der Waals surface area (Å²) in [6.07, 6.45) is 0.897. The molecule has 10 nitrogen and oxygen atoms in total. The van der Waals surface area contributed by atoms with Crippen molar-refractivity contribution in [3.8, 4) is 0 Å². The Kier molecular flexibility index (Phi) is 3.35. The van der Waals surface area contributed by atoms with Crippen LogP contribution in [-0.4, -0.2) is 85.5 Å². The van der Waals surface area contributed by atoms with Crippen LogP contribution >= 0.6 is 0 Å². The molecular formula is C12H17N5O5. The van der Waals surface area contributed by atoms with E-state index in [1.165, 1.54) is 13.4 Å². The molecule has 0 aromatic heterocycles. The molecule has 0 unspecified atom stereocenters. The van der Waals surface area contributed by atoms with Gasteiger partial charge in [0, 0.05) is 7.11 Å². The summed E-state index contributed by atoms with van der Waals surface area (Å²) >= 11 is 0. The first kappa shape index (κ1) is 14.0. The first-order valence-corrected chi connectivity index (χ1v) is 6.98. The maximum Gasteiger partial charge on any atom is 0.272 e. The summed E-state index contributed by atoms with van der Waals surface area (Å²) in [5.74, 6) is 0.408. The van der Waals surface area contributed by atoms with E-state index in [2.05, 4.69) is 15.0 Å². The molecule has 0 aromatic rings. The van der Waals surface area contributed by atoms with E-state index in [0.717, 1.165) is 0 Å². The van der Waals surface area contributed by atoms with Crippen LogP contribution < -0.4 is 5.73 Å². The van der Waals surface area contributed by atoms with E-state index in [1.54, 1.807) is 6.34 Å². The lowest BCUT2D eigenvalue weighted by molar-refractivity contribution is -0.258. The fourth-order valence-electron chi connectivity index (χ4n) is 3.11. The summed E-state index contributed by atoms with van der Waals surface area (Å²) in [5, 5.41) is 9.48. The van der Waals surface area contributed by atoms with Crippen molar-refractivity contribution in [3.05, 3.63) is 0 Å². The van der Waals surface area contributed by atoms with Gasteiger partial charge in [0.15, 0.2) is 12.4 Å². The van der Waals surface area contributed by atoms with E-state index in [-0.39, 0.29) is 18.8 Å². The maximum atomic E-state index is 9.48. The van der Waals surface area contributed by atoms with Gasteiger partial charge in [-0.25, -0.2) is 9.98 Å². The summed E-state index contributed by atoms with van der Waals surface area (Å²) in [5.41, 5.74) is 5.85. The van der Waals surface area contributed by atoms with Gasteiger partial charge >= 0.3 is 0 Å². The van der Waals surface area contributed by atoms with E-state index < -0.39 is 31.0 Å². The summed E-state index contributed by atoms with van der Waals surface area (Å²) in [6, 6.07) is -0.333. The second-order valence-electron chi connectivity index (χ2n) is 5.36. The lowest BCUT2D eigenvalue weighted by Gasteiger charge is -2.32. The molecule has 0 spiro atoms. The van der Waals surface area contributed by atoms with Crippen molar-refractivity contribution >= 4 is 18.5 Å². The molecule has 0 amide bonds. The highest BCUT2D eigenvalue weighted by Gasteiger charge is 2.56. The molecule has 4 rings (SSSR count). The maximum absolute atomic E-state index is 9.48. The van der Waals surface area contributed by atoms with Crippen LogP contribution in [-0.2, 0) is 18.9 Å². The van der Waals surface area contributed by atoms with E-state index in [9.17, 15) is 5.11 Å². The van der Waals surface area contributed by atoms with Gasteiger partial charge in [-0.15, -0.1) is 0 Å². The Hall–Kier alpha value is -1.59. The van der Waals surface area contributed by atoms with E-state index in [4.69, 9.17) is 24.7 Å². The number of aliphatic imine (C=N–C) groups is 3. The summed E-state index contributed by atoms with van der Waals surface area (Å²) in [7, 11) is 1.49. The largest absolute Gasteiger partial charge is 0.394 e. The number of methoxy groups -OCH3 is 1. The molecule has 2 fully saturated rings. The minimum atomic E-state index is -0.771. The predicted molar refractivity (Wildman–Crippen MR) is 74.3 cm³/mol. The highest BCUT2D eigenvalue weighted by atomic mass is 16.9. The molecule has 0 radical (unpaired) electrons. The number of nitrogens with zero attached hydrogens (tertiary/aromatic N) is 4. The zero-order valence-electron chi connectivity index (χ0n) is 11.8. The minimum Gasteiger partial charge on any atom is -0.394 e. The molecule has 22 heavy (non-hydrogen) atoms. The molecule has 0 aromatic carbocycles. The highest BCUT2D eigenvalue weighted by Crippen LogP contribution is 2.37. The molecule has 3 N–H and O–H groups in total. The lowest BCUT2D eigenvalue weighted by Crippen LogP contribution is -2.51. The average Bonchev–Trinajstić information content (AvgIpc) is 3.19. The number of nitrogens with two attached hydrogens (primary N) is 1. The third-order valence-electron chi connectivity index (χ3n) is 4.17. The van der Waals surface area contributed by atoms with Gasteiger partial charge in [-0.05, 0) is 0 Å².